The van der Waals surface area contributed by atoms with Crippen LogP contribution in [0.2, 0.25) is 0 Å². The molecule has 0 aliphatic carbocycles. The van der Waals surface area contributed by atoms with Crippen molar-refractivity contribution in [3.05, 3.63) is 54.3 Å². The van der Waals surface area contributed by atoms with Gasteiger partial charge >= 0.3 is 0 Å². The van der Waals surface area contributed by atoms with Gasteiger partial charge in [-0.2, -0.15) is 4.31 Å². The van der Waals surface area contributed by atoms with E-state index in [0.29, 0.717) is 32.0 Å². The van der Waals surface area contributed by atoms with Crippen LogP contribution in [0.5, 0.6) is 0 Å². The Balaban J connectivity index is 1.73. The molecule has 0 spiro atoms. The van der Waals surface area contributed by atoms with Crippen LogP contribution in [-0.2, 0) is 14.8 Å². The van der Waals surface area contributed by atoms with Crippen molar-refractivity contribution < 1.29 is 17.5 Å². The summed E-state index contributed by atoms with van der Waals surface area (Å²) in [4.78, 5) is 0.165. The van der Waals surface area contributed by atoms with Crippen LogP contribution >= 0.6 is 12.2 Å². The lowest BCUT2D eigenvalue weighted by Gasteiger charge is -2.26. The largest absolute Gasteiger partial charge is 0.379 e. The summed E-state index contributed by atoms with van der Waals surface area (Å²) < 4.78 is 45.7. The third-order valence-corrected chi connectivity index (χ3v) is 5.92. The van der Waals surface area contributed by atoms with Gasteiger partial charge in [0.15, 0.2) is 5.11 Å². The number of thiocarbonyl (C=S) groups is 1. The Bertz CT molecular complexity index is 900. The summed E-state index contributed by atoms with van der Waals surface area (Å²) in [7, 11) is -3.60. The maximum atomic E-state index is 13.7. The van der Waals surface area contributed by atoms with Crippen molar-refractivity contribution in [3.8, 4) is 0 Å². The van der Waals surface area contributed by atoms with Gasteiger partial charge in [-0.15, -0.1) is 0 Å². The van der Waals surface area contributed by atoms with E-state index >= 15 is 0 Å². The molecule has 1 fully saturated rings. The zero-order valence-electron chi connectivity index (χ0n) is 13.8. The Hall–Kier alpha value is -2.07. The fourth-order valence-corrected chi connectivity index (χ4v) is 4.20. The number of sulfonamides is 1. The lowest BCUT2D eigenvalue weighted by Crippen LogP contribution is -2.40. The van der Waals surface area contributed by atoms with Crippen LogP contribution in [0.25, 0.3) is 0 Å². The van der Waals surface area contributed by atoms with Gasteiger partial charge in [0.2, 0.25) is 10.0 Å². The second-order valence-electron chi connectivity index (χ2n) is 5.60. The summed E-state index contributed by atoms with van der Waals surface area (Å²) in [6.07, 6.45) is 0. The number of anilines is 2. The molecule has 0 aromatic heterocycles. The number of hydrogen-bond donors (Lipinski definition) is 2. The molecular formula is C17H18FN3O3S2. The molecule has 6 nitrogen and oxygen atoms in total. The van der Waals surface area contributed by atoms with Crippen LogP contribution in [0, 0.1) is 5.82 Å². The van der Waals surface area contributed by atoms with E-state index < -0.39 is 15.8 Å². The normalized spacial score (nSPS) is 15.4. The Morgan fingerprint density at radius 3 is 2.54 bits per heavy atom. The van der Waals surface area contributed by atoms with Crippen molar-refractivity contribution in [1.82, 2.24) is 4.31 Å². The van der Waals surface area contributed by atoms with E-state index in [9.17, 15) is 12.8 Å². The molecule has 1 aliphatic heterocycles. The second kappa shape index (κ2) is 8.09. The first-order valence-electron chi connectivity index (χ1n) is 7.97. The van der Waals surface area contributed by atoms with Crippen LogP contribution < -0.4 is 10.6 Å². The zero-order chi connectivity index (χ0) is 18.6. The van der Waals surface area contributed by atoms with Gasteiger partial charge in [-0.3, -0.25) is 0 Å². The molecule has 1 heterocycles. The Morgan fingerprint density at radius 1 is 1.08 bits per heavy atom. The van der Waals surface area contributed by atoms with Crippen LogP contribution in [0.4, 0.5) is 15.8 Å². The van der Waals surface area contributed by atoms with E-state index in [1.807, 2.05) is 0 Å². The number of benzene rings is 2. The summed E-state index contributed by atoms with van der Waals surface area (Å²) in [5.41, 5.74) is 0.732. The minimum Gasteiger partial charge on any atom is -0.379 e. The molecule has 2 aromatic rings. The van der Waals surface area contributed by atoms with Gasteiger partial charge in [-0.1, -0.05) is 18.2 Å². The van der Waals surface area contributed by atoms with Crippen LogP contribution in [0.3, 0.4) is 0 Å². The molecule has 0 amide bonds. The molecule has 26 heavy (non-hydrogen) atoms. The molecule has 2 aromatic carbocycles. The van der Waals surface area contributed by atoms with Crippen molar-refractivity contribution in [2.24, 2.45) is 0 Å². The molecule has 1 aliphatic rings. The molecule has 0 saturated carbocycles. The summed E-state index contributed by atoms with van der Waals surface area (Å²) in [6.45, 7) is 1.42. The Kier molecular flexibility index (Phi) is 5.82. The summed E-state index contributed by atoms with van der Waals surface area (Å²) in [6, 6.07) is 12.5. The number of nitrogens with zero attached hydrogens (tertiary/aromatic N) is 1. The molecule has 3 rings (SSSR count). The number of nitrogens with one attached hydrogen (secondary N) is 2. The molecule has 9 heteroatoms. The maximum absolute atomic E-state index is 13.7. The fraction of sp³-hybridized carbons (Fsp3) is 0.235. The van der Waals surface area contributed by atoms with Gasteiger partial charge in [-0.25, -0.2) is 12.8 Å². The number of morpholine rings is 1. The monoisotopic (exact) mass is 395 g/mol. The first-order valence-corrected chi connectivity index (χ1v) is 9.82. The first kappa shape index (κ1) is 18.7. The second-order valence-corrected chi connectivity index (χ2v) is 7.95. The highest BCUT2D eigenvalue weighted by molar-refractivity contribution is 7.89. The van der Waals surface area contributed by atoms with Gasteiger partial charge in [0.1, 0.15) is 5.82 Å². The van der Waals surface area contributed by atoms with Crippen molar-refractivity contribution >= 4 is 38.7 Å². The predicted molar refractivity (Wildman–Crippen MR) is 102 cm³/mol. The summed E-state index contributed by atoms with van der Waals surface area (Å²) >= 11 is 5.17. The molecule has 1 saturated heterocycles. The number of rotatable bonds is 4. The number of hydrogen-bond acceptors (Lipinski definition) is 4. The SMILES string of the molecule is O=S(=O)(c1cccc(NC(=S)Nc2ccccc2F)c1)N1CCOCC1. The van der Waals surface area contributed by atoms with Crippen LogP contribution in [-0.4, -0.2) is 44.1 Å². The molecular weight excluding hydrogens is 377 g/mol. The van der Waals surface area contributed by atoms with E-state index in [0.717, 1.165) is 0 Å². The average molecular weight is 395 g/mol. The Labute approximate surface area is 157 Å². The lowest BCUT2D eigenvalue weighted by atomic mass is 10.3. The van der Waals surface area contributed by atoms with Crippen molar-refractivity contribution in [3.63, 3.8) is 0 Å². The van der Waals surface area contributed by atoms with Gasteiger partial charge < -0.3 is 15.4 Å². The van der Waals surface area contributed by atoms with E-state index in [2.05, 4.69) is 10.6 Å². The zero-order valence-corrected chi connectivity index (χ0v) is 15.4. The number of ether oxygens (including phenoxy) is 1. The van der Waals surface area contributed by atoms with Gasteiger partial charge in [-0.05, 0) is 42.5 Å². The highest BCUT2D eigenvalue weighted by atomic mass is 32.2. The summed E-state index contributed by atoms with van der Waals surface area (Å²) in [5.74, 6) is -0.430. The van der Waals surface area contributed by atoms with Crippen molar-refractivity contribution in [2.75, 3.05) is 36.9 Å². The summed E-state index contributed by atoms with van der Waals surface area (Å²) in [5, 5.41) is 5.79. The van der Waals surface area contributed by atoms with Gasteiger partial charge in [0.05, 0.1) is 23.8 Å². The van der Waals surface area contributed by atoms with Crippen molar-refractivity contribution in [2.45, 2.75) is 4.90 Å². The number of para-hydroxylation sites is 1. The average Bonchev–Trinajstić information content (AvgIpc) is 2.64. The number of halogens is 1. The molecule has 0 bridgehead atoms. The molecule has 0 unspecified atom stereocenters. The topological polar surface area (TPSA) is 70.7 Å². The maximum Gasteiger partial charge on any atom is 0.243 e. The molecule has 0 atom stereocenters. The third-order valence-electron chi connectivity index (χ3n) is 3.82. The van der Waals surface area contributed by atoms with E-state index in [1.165, 1.54) is 22.5 Å². The molecule has 2 N–H and O–H groups in total. The van der Waals surface area contributed by atoms with E-state index in [-0.39, 0.29) is 15.7 Å². The lowest BCUT2D eigenvalue weighted by molar-refractivity contribution is 0.0730. The minimum absolute atomic E-state index is 0.163. The first-order chi connectivity index (χ1) is 12.5. The van der Waals surface area contributed by atoms with E-state index in [4.69, 9.17) is 17.0 Å². The standard InChI is InChI=1S/C17H18FN3O3S2/c18-15-6-1-2-7-16(15)20-17(25)19-13-4-3-5-14(12-13)26(22,23)21-8-10-24-11-9-21/h1-7,12H,8-11H2,(H2,19,20,25). The fourth-order valence-electron chi connectivity index (χ4n) is 2.52. The molecule has 0 radical (unpaired) electrons. The molecule has 138 valence electrons. The van der Waals surface area contributed by atoms with Crippen LogP contribution in [0.15, 0.2) is 53.4 Å². The van der Waals surface area contributed by atoms with Crippen molar-refractivity contribution in [1.29, 1.82) is 0 Å². The smallest absolute Gasteiger partial charge is 0.243 e. The van der Waals surface area contributed by atoms with Crippen LogP contribution in [0.1, 0.15) is 0 Å². The third kappa shape index (κ3) is 4.36. The predicted octanol–water partition coefficient (Wildman–Crippen LogP) is 2.66. The highest BCUT2D eigenvalue weighted by Gasteiger charge is 2.26. The minimum atomic E-state index is -3.60. The Morgan fingerprint density at radius 2 is 1.81 bits per heavy atom. The quantitative estimate of drug-likeness (QED) is 0.776. The highest BCUT2D eigenvalue weighted by Crippen LogP contribution is 2.21. The van der Waals surface area contributed by atoms with E-state index in [1.54, 1.807) is 30.3 Å². The van der Waals surface area contributed by atoms with Gasteiger partial charge in [0.25, 0.3) is 0 Å². The van der Waals surface area contributed by atoms with Gasteiger partial charge in [0, 0.05) is 18.8 Å².